The molecule has 3 nitrogen and oxygen atoms in total. The number of ether oxygens (including phenoxy) is 1. The van der Waals surface area contributed by atoms with Gasteiger partial charge >= 0.3 is 0 Å². The summed E-state index contributed by atoms with van der Waals surface area (Å²) in [5.74, 6) is 0.623. The summed E-state index contributed by atoms with van der Waals surface area (Å²) >= 11 is 5.18. The molecule has 0 spiro atoms. The Morgan fingerprint density at radius 2 is 2.36 bits per heavy atom. The summed E-state index contributed by atoms with van der Waals surface area (Å²) in [5, 5.41) is 7.22. The Bertz CT molecular complexity index is 179. The minimum absolute atomic E-state index is 0.399. The van der Waals surface area contributed by atoms with Crippen molar-refractivity contribution >= 4 is 17.3 Å². The summed E-state index contributed by atoms with van der Waals surface area (Å²) in [7, 11) is 0. The minimum atomic E-state index is 0.399. The Labute approximate surface area is 91.6 Å². The molecule has 1 heterocycles. The van der Waals surface area contributed by atoms with Crippen molar-refractivity contribution < 1.29 is 4.74 Å². The van der Waals surface area contributed by atoms with Gasteiger partial charge < -0.3 is 15.4 Å². The normalized spacial score (nSPS) is 22.1. The van der Waals surface area contributed by atoms with Crippen molar-refractivity contribution in [2.45, 2.75) is 32.7 Å². The Kier molecular flexibility index (Phi) is 5.19. The second kappa shape index (κ2) is 6.19. The van der Waals surface area contributed by atoms with E-state index in [-0.39, 0.29) is 0 Å². The van der Waals surface area contributed by atoms with Crippen LogP contribution in [0.25, 0.3) is 0 Å². The van der Waals surface area contributed by atoms with Gasteiger partial charge in [-0.1, -0.05) is 13.8 Å². The van der Waals surface area contributed by atoms with Crippen LogP contribution in [0.2, 0.25) is 0 Å². The molecule has 0 aromatic heterocycles. The van der Waals surface area contributed by atoms with Crippen molar-refractivity contribution in [3.63, 3.8) is 0 Å². The Morgan fingerprint density at radius 1 is 1.57 bits per heavy atom. The number of hydrogen-bond donors (Lipinski definition) is 2. The SMILES string of the molecule is CC(C)CNC(=S)NC1CCCOC1. The lowest BCUT2D eigenvalue weighted by Gasteiger charge is -2.24. The first-order chi connectivity index (χ1) is 6.68. The molecule has 4 heteroatoms. The van der Waals surface area contributed by atoms with E-state index in [4.69, 9.17) is 17.0 Å². The Balaban J connectivity index is 2.12. The highest BCUT2D eigenvalue weighted by atomic mass is 32.1. The summed E-state index contributed by atoms with van der Waals surface area (Å²) in [6, 6.07) is 0.399. The van der Waals surface area contributed by atoms with Crippen LogP contribution in [0.1, 0.15) is 26.7 Å². The third-order valence-electron chi connectivity index (χ3n) is 2.17. The summed E-state index contributed by atoms with van der Waals surface area (Å²) in [4.78, 5) is 0. The molecule has 1 atom stereocenters. The van der Waals surface area contributed by atoms with Crippen LogP contribution in [-0.4, -0.2) is 30.9 Å². The number of hydrogen-bond acceptors (Lipinski definition) is 2. The van der Waals surface area contributed by atoms with Crippen LogP contribution in [0.5, 0.6) is 0 Å². The lowest BCUT2D eigenvalue weighted by molar-refractivity contribution is 0.0763. The first-order valence-corrected chi connectivity index (χ1v) is 5.71. The van der Waals surface area contributed by atoms with E-state index in [1.54, 1.807) is 0 Å². The fraction of sp³-hybridized carbons (Fsp3) is 0.900. The maximum Gasteiger partial charge on any atom is 0.166 e. The van der Waals surface area contributed by atoms with Gasteiger partial charge in [0.1, 0.15) is 0 Å². The Hall–Kier alpha value is -0.350. The van der Waals surface area contributed by atoms with E-state index in [2.05, 4.69) is 24.5 Å². The molecule has 0 aromatic carbocycles. The summed E-state index contributed by atoms with van der Waals surface area (Å²) in [5.41, 5.74) is 0. The molecule has 1 rings (SSSR count). The van der Waals surface area contributed by atoms with E-state index in [1.807, 2.05) is 0 Å². The maximum atomic E-state index is 5.36. The second-order valence-corrected chi connectivity index (χ2v) is 4.57. The van der Waals surface area contributed by atoms with Gasteiger partial charge in [0.25, 0.3) is 0 Å². The highest BCUT2D eigenvalue weighted by Gasteiger charge is 2.14. The van der Waals surface area contributed by atoms with Crippen molar-refractivity contribution in [3.8, 4) is 0 Å². The van der Waals surface area contributed by atoms with E-state index >= 15 is 0 Å². The first-order valence-electron chi connectivity index (χ1n) is 5.30. The maximum absolute atomic E-state index is 5.36. The van der Waals surface area contributed by atoms with Crippen LogP contribution >= 0.6 is 12.2 Å². The second-order valence-electron chi connectivity index (χ2n) is 4.16. The standard InChI is InChI=1S/C10H20N2OS/c1-8(2)6-11-10(14)12-9-4-3-5-13-7-9/h8-9H,3-7H2,1-2H3,(H2,11,12,14). The first kappa shape index (κ1) is 11.7. The van der Waals surface area contributed by atoms with Gasteiger partial charge in [-0.2, -0.15) is 0 Å². The molecule has 1 saturated heterocycles. The van der Waals surface area contributed by atoms with Gasteiger partial charge in [-0.15, -0.1) is 0 Å². The van der Waals surface area contributed by atoms with Gasteiger partial charge in [0.05, 0.1) is 12.6 Å². The van der Waals surface area contributed by atoms with Gasteiger partial charge in [-0.05, 0) is 31.0 Å². The van der Waals surface area contributed by atoms with Crippen LogP contribution in [0.15, 0.2) is 0 Å². The molecule has 1 aliphatic rings. The van der Waals surface area contributed by atoms with Gasteiger partial charge in [0.15, 0.2) is 5.11 Å². The lowest BCUT2D eigenvalue weighted by atomic mass is 10.1. The molecule has 0 aliphatic carbocycles. The molecule has 2 N–H and O–H groups in total. The summed E-state index contributed by atoms with van der Waals surface area (Å²) < 4.78 is 5.36. The van der Waals surface area contributed by atoms with E-state index in [0.29, 0.717) is 12.0 Å². The van der Waals surface area contributed by atoms with Gasteiger partial charge in [0.2, 0.25) is 0 Å². The molecule has 1 fully saturated rings. The van der Waals surface area contributed by atoms with Crippen molar-refractivity contribution in [1.29, 1.82) is 0 Å². The molecular formula is C10H20N2OS. The van der Waals surface area contributed by atoms with Crippen LogP contribution in [0.3, 0.4) is 0 Å². The Morgan fingerprint density at radius 3 is 2.93 bits per heavy atom. The average molecular weight is 216 g/mol. The molecule has 0 radical (unpaired) electrons. The minimum Gasteiger partial charge on any atom is -0.379 e. The molecule has 1 aliphatic heterocycles. The van der Waals surface area contributed by atoms with Crippen LogP contribution in [0, 0.1) is 5.92 Å². The van der Waals surface area contributed by atoms with Crippen LogP contribution in [-0.2, 0) is 4.74 Å². The highest BCUT2D eigenvalue weighted by Crippen LogP contribution is 2.05. The quantitative estimate of drug-likeness (QED) is 0.696. The topological polar surface area (TPSA) is 33.3 Å². The molecule has 0 aromatic rings. The monoisotopic (exact) mass is 216 g/mol. The number of nitrogens with one attached hydrogen (secondary N) is 2. The average Bonchev–Trinajstić information content (AvgIpc) is 2.16. The fourth-order valence-corrected chi connectivity index (χ4v) is 1.64. The molecule has 1 unspecified atom stereocenters. The van der Waals surface area contributed by atoms with E-state index in [9.17, 15) is 0 Å². The molecule has 0 bridgehead atoms. The predicted molar refractivity (Wildman–Crippen MR) is 62.4 cm³/mol. The summed E-state index contributed by atoms with van der Waals surface area (Å²) in [6.07, 6.45) is 2.29. The smallest absolute Gasteiger partial charge is 0.166 e. The zero-order chi connectivity index (χ0) is 10.4. The van der Waals surface area contributed by atoms with E-state index in [0.717, 1.165) is 37.7 Å². The zero-order valence-electron chi connectivity index (χ0n) is 9.01. The number of thiocarbonyl (C=S) groups is 1. The molecule has 82 valence electrons. The van der Waals surface area contributed by atoms with Crippen molar-refractivity contribution in [3.05, 3.63) is 0 Å². The largest absolute Gasteiger partial charge is 0.379 e. The van der Waals surface area contributed by atoms with Crippen LogP contribution in [0.4, 0.5) is 0 Å². The highest BCUT2D eigenvalue weighted by molar-refractivity contribution is 7.80. The van der Waals surface area contributed by atoms with Gasteiger partial charge in [-0.3, -0.25) is 0 Å². The fourth-order valence-electron chi connectivity index (χ4n) is 1.39. The molecular weight excluding hydrogens is 196 g/mol. The van der Waals surface area contributed by atoms with Crippen molar-refractivity contribution in [1.82, 2.24) is 10.6 Å². The molecule has 0 saturated carbocycles. The third-order valence-corrected chi connectivity index (χ3v) is 2.43. The zero-order valence-corrected chi connectivity index (χ0v) is 9.82. The van der Waals surface area contributed by atoms with E-state index < -0.39 is 0 Å². The summed E-state index contributed by atoms with van der Waals surface area (Å²) in [6.45, 7) is 6.94. The lowest BCUT2D eigenvalue weighted by Crippen LogP contribution is -2.46. The molecule has 14 heavy (non-hydrogen) atoms. The number of rotatable bonds is 3. The van der Waals surface area contributed by atoms with Crippen LogP contribution < -0.4 is 10.6 Å². The molecule has 0 amide bonds. The third kappa shape index (κ3) is 4.77. The van der Waals surface area contributed by atoms with Gasteiger partial charge in [-0.25, -0.2) is 0 Å². The predicted octanol–water partition coefficient (Wildman–Crippen LogP) is 1.29. The van der Waals surface area contributed by atoms with Crippen molar-refractivity contribution in [2.24, 2.45) is 5.92 Å². The van der Waals surface area contributed by atoms with E-state index in [1.165, 1.54) is 0 Å². The van der Waals surface area contributed by atoms with Gasteiger partial charge in [0, 0.05) is 13.2 Å². The van der Waals surface area contributed by atoms with Crippen molar-refractivity contribution in [2.75, 3.05) is 19.8 Å².